The Morgan fingerprint density at radius 3 is 1.60 bits per heavy atom. The van der Waals surface area contributed by atoms with Gasteiger partial charge in [-0.15, -0.1) is 0 Å². The van der Waals surface area contributed by atoms with Crippen LogP contribution in [-0.2, 0) is 86.4 Å². The fraction of sp³-hybridized carbons (Fsp3) is 0.507. The highest BCUT2D eigenvalue weighted by Gasteiger charge is 2.38. The van der Waals surface area contributed by atoms with E-state index in [1.807, 2.05) is 0 Å². The largest absolute Gasteiger partial charge is 0.481 e. The minimum atomic E-state index is -1.69. The first-order chi connectivity index (χ1) is 48.3. The molecule has 19 N–H and O–H groups in total. The van der Waals surface area contributed by atoms with Crippen LogP contribution in [0.3, 0.4) is 0 Å². The van der Waals surface area contributed by atoms with Gasteiger partial charge in [0.1, 0.15) is 66.5 Å². The number of carboxylic acid groups (broad SMARTS) is 2. The minimum Gasteiger partial charge on any atom is -0.481 e. The molecule has 102 heavy (non-hydrogen) atoms. The summed E-state index contributed by atoms with van der Waals surface area (Å²) in [4.78, 5) is 209. The molecule has 1 saturated heterocycles. The van der Waals surface area contributed by atoms with Crippen LogP contribution in [0.15, 0.2) is 73.4 Å². The molecule has 1 aliphatic rings. The Bertz CT molecular complexity index is 3810. The summed E-state index contributed by atoms with van der Waals surface area (Å²) in [6.45, 7) is 13.8. The zero-order valence-electron chi connectivity index (χ0n) is 58.1. The van der Waals surface area contributed by atoms with Gasteiger partial charge in [-0.1, -0.05) is 106 Å². The Hall–Kier alpha value is -10.0. The lowest BCUT2D eigenvalue weighted by molar-refractivity contribution is -0.142. The molecule has 12 atom stereocenters. The molecule has 0 aliphatic carbocycles. The average molecular weight is 1460 g/mol. The standard InChI is InChI=1S/C67H93N17O16S2/c1-10-43(67(99)100)76-65(97)52-30-102-101-29-51(82-58(90)42(68)24-54(86)87)64(96)75-36(9)57(89)78-48(21-37-25-70-44-17-13-11-15-40(37)44)60(92)80-50(23-39-27-69-31-73-39)62(94)79-46(19-32(2)3)59(91)72-28-53(85)74-35(8)56(88)77-47(20-33(4)5)63(95)84-55(34(6)7)66(98)81-49(61(93)83-52)22-38-26-71-45-18-14-12-16-41(38)45/h11-18,25-27,31-36,42-43,46-52,55,70-71H,10,19-24,28-30,68H2,1-9H3,(H,69,73)(H,72,91)(H,74,85)(H,75,96)(H,76,97)(H,77,88)(H,78,89)(H,79,94)(H,80,92)(H,81,98)(H,82,90)(H,83,93)(H,84,95)(H,86,87)(H,99,100)/t35?,36-,42-,43-,46-,47-,48-,49-,50-,51-,52-,55?/m0/s1. The van der Waals surface area contributed by atoms with E-state index in [9.17, 15) is 77.3 Å². The Kier molecular flexibility index (Phi) is 30.7. The topological polar surface area (TPSA) is 510 Å². The van der Waals surface area contributed by atoms with E-state index in [1.165, 1.54) is 33.3 Å². The number of hydrogen-bond donors (Lipinski definition) is 18. The summed E-state index contributed by atoms with van der Waals surface area (Å²) in [6.07, 6.45) is 4.41. The van der Waals surface area contributed by atoms with Crippen LogP contribution in [0.4, 0.5) is 0 Å². The van der Waals surface area contributed by atoms with Crippen molar-refractivity contribution in [1.29, 1.82) is 0 Å². The number of nitrogens with zero attached hydrogens (tertiary/aromatic N) is 1. The zero-order valence-corrected chi connectivity index (χ0v) is 59.7. The van der Waals surface area contributed by atoms with Crippen molar-refractivity contribution in [2.24, 2.45) is 23.5 Å². The van der Waals surface area contributed by atoms with E-state index in [-0.39, 0.29) is 56.1 Å². The van der Waals surface area contributed by atoms with E-state index in [1.54, 1.807) is 102 Å². The molecule has 0 spiro atoms. The number of amides is 12. The van der Waals surface area contributed by atoms with Crippen molar-refractivity contribution in [2.75, 3.05) is 18.1 Å². The number of imidazole rings is 1. The van der Waals surface area contributed by atoms with E-state index in [0.717, 1.165) is 21.6 Å². The summed E-state index contributed by atoms with van der Waals surface area (Å²) in [6, 6.07) is -3.60. The van der Waals surface area contributed by atoms with Crippen LogP contribution in [0.5, 0.6) is 0 Å². The van der Waals surface area contributed by atoms with Crippen molar-refractivity contribution in [3.63, 3.8) is 0 Å². The number of hydrogen-bond acceptors (Lipinski definition) is 18. The number of carbonyl (C=O) groups excluding carboxylic acids is 12. The lowest BCUT2D eigenvalue weighted by Crippen LogP contribution is -2.61. The van der Waals surface area contributed by atoms with Gasteiger partial charge < -0.3 is 94.7 Å². The maximum atomic E-state index is 14.9. The highest BCUT2D eigenvalue weighted by Crippen LogP contribution is 2.25. The first kappa shape index (κ1) is 80.9. The number of H-pyrrole nitrogens is 3. The molecule has 2 aromatic carbocycles. The monoisotopic (exact) mass is 1460 g/mol. The van der Waals surface area contributed by atoms with Gasteiger partial charge in [0, 0.05) is 76.9 Å². The molecule has 35 heteroatoms. The maximum absolute atomic E-state index is 14.9. The summed E-state index contributed by atoms with van der Waals surface area (Å²) in [7, 11) is 1.70. The molecule has 0 bridgehead atoms. The quantitative estimate of drug-likeness (QED) is 0.0456. The first-order valence-corrected chi connectivity index (χ1v) is 35.9. The highest BCUT2D eigenvalue weighted by atomic mass is 33.1. The highest BCUT2D eigenvalue weighted by molar-refractivity contribution is 8.76. The second-order valence-electron chi connectivity index (χ2n) is 26.1. The smallest absolute Gasteiger partial charge is 0.326 e. The Morgan fingerprint density at radius 2 is 1.07 bits per heavy atom. The Labute approximate surface area is 596 Å². The van der Waals surface area contributed by atoms with Gasteiger partial charge in [-0.25, -0.2) is 9.78 Å². The lowest BCUT2D eigenvalue weighted by Gasteiger charge is -2.29. The van der Waals surface area contributed by atoms with Crippen LogP contribution in [0.2, 0.25) is 0 Å². The van der Waals surface area contributed by atoms with Gasteiger partial charge in [-0.05, 0) is 74.1 Å². The molecule has 1 aliphatic heterocycles. The van der Waals surface area contributed by atoms with Gasteiger partial charge in [0.15, 0.2) is 0 Å². The molecule has 5 aromatic rings. The van der Waals surface area contributed by atoms with Gasteiger partial charge in [0.05, 0.1) is 25.3 Å². The predicted octanol–water partition coefficient (Wildman–Crippen LogP) is -0.671. The summed E-state index contributed by atoms with van der Waals surface area (Å²) in [5.41, 5.74) is 8.72. The van der Waals surface area contributed by atoms with E-state index >= 15 is 0 Å². The first-order valence-electron chi connectivity index (χ1n) is 33.4. The van der Waals surface area contributed by atoms with Crippen LogP contribution in [0.1, 0.15) is 105 Å². The SMILES string of the molecule is CC[C@H](NC(=O)[C@@H]1CSSC[C@H](NC(=O)[C@@H](N)CC(=O)O)C(=O)N[C@@H](C)C(=O)N[C@@H](Cc2c[nH]c3ccccc23)C(=O)N[C@@H](Cc2cnc[nH]2)C(=O)N[C@@H](CC(C)C)C(=O)NCC(=O)NC(C)C(=O)N[C@@H](CC(C)C)C(=O)NC(C(C)C)C(=O)N[C@@H](Cc2c[nH]c3ccccc23)C(=O)N1)C(=O)O. The third kappa shape index (κ3) is 24.4. The predicted molar refractivity (Wildman–Crippen MR) is 379 cm³/mol. The van der Waals surface area contributed by atoms with Gasteiger partial charge in [-0.3, -0.25) is 62.3 Å². The molecule has 33 nitrogen and oxygen atoms in total. The van der Waals surface area contributed by atoms with Gasteiger partial charge in [-0.2, -0.15) is 0 Å². The summed E-state index contributed by atoms with van der Waals surface area (Å²) >= 11 is 0. The number of nitrogens with two attached hydrogens (primary N) is 1. The molecule has 554 valence electrons. The molecular weight excluding hydrogens is 1360 g/mol. The maximum Gasteiger partial charge on any atom is 0.326 e. The Morgan fingerprint density at radius 1 is 0.578 bits per heavy atom. The number of nitrogens with one attached hydrogen (secondary N) is 15. The van der Waals surface area contributed by atoms with E-state index in [4.69, 9.17) is 5.73 Å². The van der Waals surface area contributed by atoms with E-state index in [0.29, 0.717) is 38.6 Å². The molecule has 0 saturated carbocycles. The second kappa shape index (κ2) is 38.7. The van der Waals surface area contributed by atoms with Crippen molar-refractivity contribution >= 4 is 126 Å². The molecule has 2 unspecified atom stereocenters. The van der Waals surface area contributed by atoms with Crippen molar-refractivity contribution in [1.82, 2.24) is 83.7 Å². The molecule has 4 heterocycles. The van der Waals surface area contributed by atoms with Crippen LogP contribution in [0.25, 0.3) is 21.8 Å². The number of aromatic amines is 3. The molecule has 0 radical (unpaired) electrons. The third-order valence-corrected chi connectivity index (χ3v) is 18.9. The molecular formula is C67H93N17O16S2. The van der Waals surface area contributed by atoms with Gasteiger partial charge in [0.2, 0.25) is 70.9 Å². The van der Waals surface area contributed by atoms with Crippen molar-refractivity contribution in [2.45, 2.75) is 180 Å². The molecule has 12 amide bonds. The van der Waals surface area contributed by atoms with Crippen molar-refractivity contribution in [3.05, 3.63) is 90.3 Å². The third-order valence-electron chi connectivity index (χ3n) is 16.5. The van der Waals surface area contributed by atoms with Crippen LogP contribution >= 0.6 is 21.6 Å². The average Bonchev–Trinajstić information content (AvgIpc) is 1.67. The van der Waals surface area contributed by atoms with Crippen LogP contribution in [0, 0.1) is 17.8 Å². The molecule has 3 aromatic heterocycles. The fourth-order valence-corrected chi connectivity index (χ4v) is 13.3. The number of aliphatic carboxylic acids is 2. The second-order valence-corrected chi connectivity index (χ2v) is 28.7. The number of carbonyl (C=O) groups is 14. The van der Waals surface area contributed by atoms with Crippen molar-refractivity contribution in [3.8, 4) is 0 Å². The number of fused-ring (bicyclic) bond motifs is 2. The van der Waals surface area contributed by atoms with Crippen LogP contribution < -0.4 is 69.5 Å². The summed E-state index contributed by atoms with van der Waals surface area (Å²) < 4.78 is 0. The normalized spacial score (nSPS) is 23.5. The molecule has 6 rings (SSSR count). The Balaban J connectivity index is 1.40. The number of para-hydroxylation sites is 2. The fourth-order valence-electron chi connectivity index (χ4n) is 10.9. The van der Waals surface area contributed by atoms with Gasteiger partial charge in [0.25, 0.3) is 0 Å². The number of carboxylic acids is 2. The van der Waals surface area contributed by atoms with E-state index < -0.39 is 180 Å². The van der Waals surface area contributed by atoms with E-state index in [2.05, 4.69) is 83.7 Å². The summed E-state index contributed by atoms with van der Waals surface area (Å²) in [5, 5.41) is 52.0. The van der Waals surface area contributed by atoms with Gasteiger partial charge >= 0.3 is 11.9 Å². The lowest BCUT2D eigenvalue weighted by atomic mass is 9.98. The number of rotatable bonds is 19. The van der Waals surface area contributed by atoms with Crippen molar-refractivity contribution < 1.29 is 77.3 Å². The van der Waals surface area contributed by atoms with Crippen LogP contribution in [-0.4, -0.2) is 204 Å². The minimum absolute atomic E-state index is 0.0250. The number of benzene rings is 2. The molecule has 1 fully saturated rings. The number of aromatic nitrogens is 4. The zero-order chi connectivity index (χ0) is 75.1. The summed E-state index contributed by atoms with van der Waals surface area (Å²) in [5.74, 6) is -15.8.